The minimum atomic E-state index is -0.166. The molecule has 2 unspecified atom stereocenters. The van der Waals surface area contributed by atoms with Gasteiger partial charge >= 0.3 is 0 Å². The summed E-state index contributed by atoms with van der Waals surface area (Å²) in [5.41, 5.74) is 6.78. The van der Waals surface area contributed by atoms with E-state index in [1.807, 2.05) is 25.1 Å². The maximum Gasteiger partial charge on any atom is 0.233 e. The van der Waals surface area contributed by atoms with E-state index in [-0.39, 0.29) is 23.4 Å². The maximum absolute atomic E-state index is 13.4. The lowest BCUT2D eigenvalue weighted by molar-refractivity contribution is -0.116. The molecule has 5 nitrogen and oxygen atoms in total. The largest absolute Gasteiger partial charge is 0.508 e. The number of hydrogen-bond donors (Lipinski definition) is 2. The summed E-state index contributed by atoms with van der Waals surface area (Å²) >= 11 is 0. The van der Waals surface area contributed by atoms with Gasteiger partial charge in [-0.3, -0.25) is 4.79 Å². The molecule has 2 heterocycles. The second kappa shape index (κ2) is 6.62. The molecule has 5 heteroatoms. The van der Waals surface area contributed by atoms with Gasteiger partial charge in [-0.1, -0.05) is 47.1 Å². The van der Waals surface area contributed by atoms with Gasteiger partial charge in [-0.05, 0) is 49.4 Å². The van der Waals surface area contributed by atoms with Crippen molar-refractivity contribution in [1.29, 1.82) is 0 Å². The van der Waals surface area contributed by atoms with Crippen molar-refractivity contribution >= 4 is 11.7 Å². The van der Waals surface area contributed by atoms with Gasteiger partial charge in [0.05, 0.1) is 11.3 Å². The highest BCUT2D eigenvalue weighted by molar-refractivity contribution is 6.01. The number of benzene rings is 2. The first-order chi connectivity index (χ1) is 14.0. The first kappa shape index (κ1) is 17.7. The van der Waals surface area contributed by atoms with Crippen LogP contribution in [0.4, 0.5) is 5.88 Å². The van der Waals surface area contributed by atoms with Crippen LogP contribution in [-0.4, -0.2) is 16.0 Å². The van der Waals surface area contributed by atoms with E-state index < -0.39 is 0 Å². The van der Waals surface area contributed by atoms with Crippen LogP contribution in [0.25, 0.3) is 0 Å². The smallest absolute Gasteiger partial charge is 0.233 e. The van der Waals surface area contributed by atoms with Gasteiger partial charge in [-0.25, -0.2) is 0 Å². The lowest BCUT2D eigenvalue weighted by Crippen LogP contribution is -2.29. The van der Waals surface area contributed by atoms with E-state index in [1.54, 1.807) is 12.1 Å². The van der Waals surface area contributed by atoms with E-state index >= 15 is 0 Å². The normalized spacial score (nSPS) is 20.8. The molecule has 29 heavy (non-hydrogen) atoms. The minimum absolute atomic E-state index is 0.0677. The van der Waals surface area contributed by atoms with Gasteiger partial charge in [0.25, 0.3) is 0 Å². The average Bonchev–Trinajstić information content (AvgIpc) is 3.07. The molecule has 1 aliphatic heterocycles. The van der Waals surface area contributed by atoms with Crippen LogP contribution in [0.3, 0.4) is 0 Å². The summed E-state index contributed by atoms with van der Waals surface area (Å²) in [5.74, 6) is 0.910. The van der Waals surface area contributed by atoms with E-state index in [1.165, 1.54) is 0 Å². The van der Waals surface area contributed by atoms with E-state index in [4.69, 9.17) is 4.52 Å². The van der Waals surface area contributed by atoms with E-state index in [9.17, 15) is 9.90 Å². The van der Waals surface area contributed by atoms with Crippen LogP contribution in [0.15, 0.2) is 64.3 Å². The molecule has 0 fully saturated rings. The third-order valence-corrected chi connectivity index (χ3v) is 6.00. The van der Waals surface area contributed by atoms with E-state index in [2.05, 4.69) is 35.6 Å². The zero-order valence-corrected chi connectivity index (χ0v) is 16.4. The molecule has 0 bridgehead atoms. The number of phenols is 1. The zero-order valence-electron chi connectivity index (χ0n) is 16.4. The molecule has 0 saturated heterocycles. The van der Waals surface area contributed by atoms with Crippen molar-refractivity contribution in [2.45, 2.75) is 38.5 Å². The van der Waals surface area contributed by atoms with Crippen molar-refractivity contribution in [2.75, 3.05) is 5.32 Å². The number of allylic oxidation sites excluding steroid dienone is 2. The molecule has 2 N–H and O–H groups in total. The number of Topliss-reactive ketones (excluding diaryl/α,β-unsaturated/α-hetero) is 1. The number of fused-ring (bicyclic) bond motifs is 1. The third kappa shape index (κ3) is 2.94. The number of ketones is 1. The highest BCUT2D eigenvalue weighted by Crippen LogP contribution is 2.49. The SMILES string of the molecule is Cc1cccc(C2C3=C(CC(c4ccc(O)cc4)CC3=O)Nc3onc(C)c32)c1. The van der Waals surface area contributed by atoms with Gasteiger partial charge in [0, 0.05) is 23.6 Å². The Balaban J connectivity index is 1.62. The Morgan fingerprint density at radius 2 is 1.86 bits per heavy atom. The van der Waals surface area contributed by atoms with E-state index in [0.29, 0.717) is 18.7 Å². The highest BCUT2D eigenvalue weighted by atomic mass is 16.5. The van der Waals surface area contributed by atoms with Crippen LogP contribution in [-0.2, 0) is 4.79 Å². The number of nitrogens with one attached hydrogen (secondary N) is 1. The van der Waals surface area contributed by atoms with Crippen LogP contribution >= 0.6 is 0 Å². The molecule has 1 aliphatic carbocycles. The molecule has 1 aromatic heterocycles. The van der Waals surface area contributed by atoms with Crippen LogP contribution in [0.2, 0.25) is 0 Å². The lowest BCUT2D eigenvalue weighted by Gasteiger charge is -2.34. The quantitative estimate of drug-likeness (QED) is 0.651. The predicted octanol–water partition coefficient (Wildman–Crippen LogP) is 4.96. The molecule has 0 amide bonds. The molecule has 5 rings (SSSR count). The van der Waals surface area contributed by atoms with Gasteiger partial charge in [0.15, 0.2) is 5.78 Å². The second-order valence-corrected chi connectivity index (χ2v) is 8.00. The molecular formula is C24H22N2O3. The molecule has 146 valence electrons. The summed E-state index contributed by atoms with van der Waals surface area (Å²) in [5, 5.41) is 17.1. The lowest BCUT2D eigenvalue weighted by atomic mass is 9.72. The standard InChI is InChI=1S/C24H22N2O3/c1-13-4-3-5-16(10-13)22-21-14(2)26-29-24(21)25-19-11-17(12-20(28)23(19)22)15-6-8-18(27)9-7-15/h3-10,17,22,25,27H,11-12H2,1-2H3. The molecule has 2 atom stereocenters. The Kier molecular flexibility index (Phi) is 4.05. The Morgan fingerprint density at radius 1 is 1.07 bits per heavy atom. The molecule has 2 aromatic carbocycles. The Hall–Kier alpha value is -3.34. The first-order valence-electron chi connectivity index (χ1n) is 9.86. The first-order valence-corrected chi connectivity index (χ1v) is 9.86. The van der Waals surface area contributed by atoms with Gasteiger partial charge in [0.1, 0.15) is 5.75 Å². The number of aromatic nitrogens is 1. The van der Waals surface area contributed by atoms with Crippen molar-refractivity contribution in [3.05, 3.63) is 87.7 Å². The number of phenolic OH excluding ortho intramolecular Hbond substituents is 1. The fraction of sp³-hybridized carbons (Fsp3) is 0.250. The molecule has 0 saturated carbocycles. The Morgan fingerprint density at radius 3 is 2.62 bits per heavy atom. The van der Waals surface area contributed by atoms with Gasteiger partial charge < -0.3 is 14.9 Å². The summed E-state index contributed by atoms with van der Waals surface area (Å²) in [6.07, 6.45) is 1.17. The van der Waals surface area contributed by atoms with Gasteiger partial charge in [-0.15, -0.1) is 0 Å². The van der Waals surface area contributed by atoms with Crippen LogP contribution in [0, 0.1) is 13.8 Å². The summed E-state index contributed by atoms with van der Waals surface area (Å²) in [4.78, 5) is 13.4. The fourth-order valence-electron chi connectivity index (χ4n) is 4.64. The summed E-state index contributed by atoms with van der Waals surface area (Å²) in [6, 6.07) is 15.4. The minimum Gasteiger partial charge on any atom is -0.508 e. The summed E-state index contributed by atoms with van der Waals surface area (Å²) < 4.78 is 5.57. The third-order valence-electron chi connectivity index (χ3n) is 6.00. The molecular weight excluding hydrogens is 364 g/mol. The second-order valence-electron chi connectivity index (χ2n) is 8.00. The topological polar surface area (TPSA) is 75.4 Å². The fourth-order valence-corrected chi connectivity index (χ4v) is 4.64. The van der Waals surface area contributed by atoms with Crippen LogP contribution < -0.4 is 5.32 Å². The molecule has 0 spiro atoms. The summed E-state index contributed by atoms with van der Waals surface area (Å²) in [6.45, 7) is 3.98. The zero-order chi connectivity index (χ0) is 20.1. The number of anilines is 1. The van der Waals surface area contributed by atoms with Crippen molar-refractivity contribution < 1.29 is 14.4 Å². The Bertz CT molecular complexity index is 1140. The Labute approximate surface area is 169 Å². The summed E-state index contributed by atoms with van der Waals surface area (Å²) in [7, 11) is 0. The number of nitrogens with zero attached hydrogens (tertiary/aromatic N) is 1. The highest BCUT2D eigenvalue weighted by Gasteiger charge is 2.41. The molecule has 0 radical (unpaired) electrons. The molecule has 3 aromatic rings. The number of hydrogen-bond acceptors (Lipinski definition) is 5. The number of carbonyl (C=O) groups is 1. The van der Waals surface area contributed by atoms with Crippen molar-refractivity contribution in [3.8, 4) is 5.75 Å². The van der Waals surface area contributed by atoms with Crippen molar-refractivity contribution in [3.63, 3.8) is 0 Å². The van der Waals surface area contributed by atoms with E-state index in [0.717, 1.165) is 39.2 Å². The van der Waals surface area contributed by atoms with Crippen LogP contribution in [0.1, 0.15) is 52.6 Å². The van der Waals surface area contributed by atoms with Gasteiger partial charge in [-0.2, -0.15) is 0 Å². The van der Waals surface area contributed by atoms with Gasteiger partial charge in [0.2, 0.25) is 5.88 Å². The number of aryl methyl sites for hydroxylation is 2. The average molecular weight is 386 g/mol. The predicted molar refractivity (Wildman–Crippen MR) is 110 cm³/mol. The van der Waals surface area contributed by atoms with Crippen LogP contribution in [0.5, 0.6) is 5.75 Å². The number of rotatable bonds is 2. The van der Waals surface area contributed by atoms with Crippen molar-refractivity contribution in [2.24, 2.45) is 0 Å². The number of carbonyl (C=O) groups excluding carboxylic acids is 1. The number of aromatic hydroxyl groups is 1. The maximum atomic E-state index is 13.4. The molecule has 2 aliphatic rings. The monoisotopic (exact) mass is 386 g/mol. The van der Waals surface area contributed by atoms with Crippen molar-refractivity contribution in [1.82, 2.24) is 5.16 Å².